The molecule has 3 amide bonds. The number of carbonyl (C=O) groups excluding carboxylic acids is 3. The van der Waals surface area contributed by atoms with Crippen LogP contribution >= 0.6 is 0 Å². The minimum atomic E-state index is -0.499. The van der Waals surface area contributed by atoms with Crippen molar-refractivity contribution in [2.75, 3.05) is 23.9 Å². The van der Waals surface area contributed by atoms with E-state index in [0.29, 0.717) is 30.1 Å². The predicted molar refractivity (Wildman–Crippen MR) is 136 cm³/mol. The third kappa shape index (κ3) is 5.69. The Labute approximate surface area is 205 Å². The molecule has 1 aliphatic heterocycles. The number of hydrogen-bond acceptors (Lipinski definition) is 4. The third-order valence-electron chi connectivity index (χ3n) is 6.17. The molecule has 180 valence electrons. The van der Waals surface area contributed by atoms with E-state index in [-0.39, 0.29) is 24.1 Å². The number of ether oxygens (including phenoxy) is 1. The van der Waals surface area contributed by atoms with Gasteiger partial charge in [0.25, 0.3) is 5.91 Å². The molecule has 0 radical (unpaired) electrons. The summed E-state index contributed by atoms with van der Waals surface area (Å²) in [5.74, 6) is -0.450. The second-order valence-corrected chi connectivity index (χ2v) is 8.49. The molecule has 0 saturated carbocycles. The minimum absolute atomic E-state index is 0.0845. The number of hydrogen-bond donors (Lipinski definition) is 2. The van der Waals surface area contributed by atoms with Crippen LogP contribution in [-0.2, 0) is 22.6 Å². The van der Waals surface area contributed by atoms with Crippen LogP contribution in [0.1, 0.15) is 34.8 Å². The maximum Gasteiger partial charge on any atom is 0.253 e. The van der Waals surface area contributed by atoms with Crippen LogP contribution < -0.4 is 20.3 Å². The van der Waals surface area contributed by atoms with Gasteiger partial charge in [-0.2, -0.15) is 0 Å². The number of aryl methyl sites for hydroxylation is 1. The van der Waals surface area contributed by atoms with E-state index >= 15 is 0 Å². The Morgan fingerprint density at radius 3 is 2.51 bits per heavy atom. The summed E-state index contributed by atoms with van der Waals surface area (Å²) in [6.07, 6.45) is 1.05. The van der Waals surface area contributed by atoms with Gasteiger partial charge in [0.05, 0.1) is 24.3 Å². The molecule has 0 aliphatic carbocycles. The molecule has 7 heteroatoms. The highest BCUT2D eigenvalue weighted by atomic mass is 16.5. The van der Waals surface area contributed by atoms with Gasteiger partial charge in [0, 0.05) is 25.2 Å². The van der Waals surface area contributed by atoms with Crippen molar-refractivity contribution in [1.29, 1.82) is 0 Å². The van der Waals surface area contributed by atoms with E-state index in [1.54, 1.807) is 36.3 Å². The summed E-state index contributed by atoms with van der Waals surface area (Å²) in [6, 6.07) is 22.1. The molecule has 0 bridgehead atoms. The van der Waals surface area contributed by atoms with Crippen molar-refractivity contribution < 1.29 is 19.1 Å². The molecule has 1 saturated heterocycles. The Kier molecular flexibility index (Phi) is 7.45. The second kappa shape index (κ2) is 10.9. The number of amides is 3. The van der Waals surface area contributed by atoms with Crippen molar-refractivity contribution in [2.45, 2.75) is 26.3 Å². The molecule has 7 nitrogen and oxygen atoms in total. The lowest BCUT2D eigenvalue weighted by molar-refractivity contribution is -0.122. The number of methoxy groups -OCH3 is 1. The number of nitrogens with zero attached hydrogens (tertiary/aromatic N) is 1. The molecule has 2 N–H and O–H groups in total. The van der Waals surface area contributed by atoms with E-state index in [9.17, 15) is 14.4 Å². The highest BCUT2D eigenvalue weighted by Crippen LogP contribution is 2.27. The van der Waals surface area contributed by atoms with Gasteiger partial charge in [0.1, 0.15) is 5.75 Å². The van der Waals surface area contributed by atoms with Crippen LogP contribution in [0, 0.1) is 5.92 Å². The van der Waals surface area contributed by atoms with Gasteiger partial charge in [0.15, 0.2) is 0 Å². The lowest BCUT2D eigenvalue weighted by Crippen LogP contribution is -2.29. The average Bonchev–Trinajstić information content (AvgIpc) is 3.29. The second-order valence-electron chi connectivity index (χ2n) is 8.49. The van der Waals surface area contributed by atoms with E-state index in [1.807, 2.05) is 48.5 Å². The Hall–Kier alpha value is -4.13. The fourth-order valence-corrected chi connectivity index (χ4v) is 4.13. The van der Waals surface area contributed by atoms with Gasteiger partial charge in [-0.15, -0.1) is 0 Å². The molecule has 1 aliphatic rings. The molecule has 1 atom stereocenters. The first kappa shape index (κ1) is 24.0. The van der Waals surface area contributed by atoms with Crippen LogP contribution in [-0.4, -0.2) is 31.4 Å². The number of benzene rings is 3. The van der Waals surface area contributed by atoms with Crippen LogP contribution in [0.2, 0.25) is 0 Å². The molecule has 0 aromatic heterocycles. The lowest BCUT2D eigenvalue weighted by Gasteiger charge is -2.17. The summed E-state index contributed by atoms with van der Waals surface area (Å²) in [7, 11) is 1.59. The largest absolute Gasteiger partial charge is 0.497 e. The highest BCUT2D eigenvalue weighted by Gasteiger charge is 2.35. The number of rotatable bonds is 8. The molecule has 1 fully saturated rings. The van der Waals surface area contributed by atoms with Gasteiger partial charge < -0.3 is 20.3 Å². The van der Waals surface area contributed by atoms with Gasteiger partial charge >= 0.3 is 0 Å². The molecule has 1 heterocycles. The summed E-state index contributed by atoms with van der Waals surface area (Å²) in [5.41, 5.74) is 3.66. The molecular weight excluding hydrogens is 442 g/mol. The lowest BCUT2D eigenvalue weighted by atomic mass is 10.1. The Morgan fingerprint density at radius 1 is 1.00 bits per heavy atom. The maximum atomic E-state index is 13.0. The van der Waals surface area contributed by atoms with E-state index in [2.05, 4.69) is 17.6 Å². The Balaban J connectivity index is 1.40. The normalized spacial score (nSPS) is 15.1. The van der Waals surface area contributed by atoms with Crippen LogP contribution in [0.25, 0.3) is 0 Å². The number of nitrogens with one attached hydrogen (secondary N) is 2. The number of carbonyl (C=O) groups is 3. The Bertz CT molecular complexity index is 1220. The molecular formula is C28H29N3O4. The fourth-order valence-electron chi connectivity index (χ4n) is 4.13. The van der Waals surface area contributed by atoms with Crippen molar-refractivity contribution >= 4 is 29.1 Å². The van der Waals surface area contributed by atoms with Gasteiger partial charge in [-0.1, -0.05) is 43.3 Å². The first-order valence-electron chi connectivity index (χ1n) is 11.7. The summed E-state index contributed by atoms with van der Waals surface area (Å²) >= 11 is 0. The summed E-state index contributed by atoms with van der Waals surface area (Å²) < 4.78 is 5.22. The van der Waals surface area contributed by atoms with Crippen molar-refractivity contribution in [3.8, 4) is 5.75 Å². The van der Waals surface area contributed by atoms with Crippen LogP contribution in [0.4, 0.5) is 11.4 Å². The highest BCUT2D eigenvalue weighted by molar-refractivity contribution is 6.07. The monoisotopic (exact) mass is 471 g/mol. The molecule has 0 unspecified atom stereocenters. The van der Waals surface area contributed by atoms with Crippen molar-refractivity contribution in [3.63, 3.8) is 0 Å². The van der Waals surface area contributed by atoms with E-state index in [0.717, 1.165) is 17.7 Å². The zero-order valence-corrected chi connectivity index (χ0v) is 19.9. The fraction of sp³-hybridized carbons (Fsp3) is 0.250. The summed E-state index contributed by atoms with van der Waals surface area (Å²) in [6.45, 7) is 2.70. The standard InChI is InChI=1S/C28H29N3O4/c1-3-19-11-13-22(14-12-19)31-18-21(16-26(31)32)27(33)30-25-10-5-4-9-24(25)28(34)29-17-20-7-6-8-23(15-20)35-2/h4-15,21H,3,16-18H2,1-2H3,(H,29,34)(H,30,33)/t21-/m0/s1. The van der Waals surface area contributed by atoms with E-state index < -0.39 is 5.92 Å². The van der Waals surface area contributed by atoms with Crippen LogP contribution in [0.3, 0.4) is 0 Å². The van der Waals surface area contributed by atoms with Crippen LogP contribution in [0.5, 0.6) is 5.75 Å². The molecule has 3 aromatic carbocycles. The van der Waals surface area contributed by atoms with Crippen molar-refractivity contribution in [3.05, 3.63) is 89.5 Å². The molecule has 3 aromatic rings. The predicted octanol–water partition coefficient (Wildman–Crippen LogP) is 4.18. The quantitative estimate of drug-likeness (QED) is 0.516. The molecule has 35 heavy (non-hydrogen) atoms. The van der Waals surface area contributed by atoms with Crippen LogP contribution in [0.15, 0.2) is 72.8 Å². The zero-order valence-electron chi connectivity index (χ0n) is 19.9. The molecule has 4 rings (SSSR count). The third-order valence-corrected chi connectivity index (χ3v) is 6.17. The first-order chi connectivity index (χ1) is 17.0. The topological polar surface area (TPSA) is 87.7 Å². The van der Waals surface area contributed by atoms with Gasteiger partial charge in [-0.3, -0.25) is 14.4 Å². The van der Waals surface area contributed by atoms with Gasteiger partial charge in [-0.05, 0) is 53.9 Å². The number of para-hydroxylation sites is 1. The van der Waals surface area contributed by atoms with Gasteiger partial charge in [-0.25, -0.2) is 0 Å². The molecule has 0 spiro atoms. The SMILES string of the molecule is CCc1ccc(N2C[C@@H](C(=O)Nc3ccccc3C(=O)NCc3cccc(OC)c3)CC2=O)cc1. The average molecular weight is 472 g/mol. The van der Waals surface area contributed by atoms with E-state index in [4.69, 9.17) is 4.74 Å². The number of anilines is 2. The smallest absolute Gasteiger partial charge is 0.253 e. The zero-order chi connectivity index (χ0) is 24.8. The summed E-state index contributed by atoms with van der Waals surface area (Å²) in [5, 5.41) is 5.75. The summed E-state index contributed by atoms with van der Waals surface area (Å²) in [4.78, 5) is 40.2. The van der Waals surface area contributed by atoms with Crippen molar-refractivity contribution in [1.82, 2.24) is 5.32 Å². The van der Waals surface area contributed by atoms with E-state index in [1.165, 1.54) is 5.56 Å². The maximum absolute atomic E-state index is 13.0. The minimum Gasteiger partial charge on any atom is -0.497 e. The Morgan fingerprint density at radius 2 is 1.77 bits per heavy atom. The van der Waals surface area contributed by atoms with Crippen molar-refractivity contribution in [2.24, 2.45) is 5.92 Å². The van der Waals surface area contributed by atoms with Gasteiger partial charge in [0.2, 0.25) is 11.8 Å². The first-order valence-corrected chi connectivity index (χ1v) is 11.7.